The average molecular weight is 556 g/mol. The van der Waals surface area contributed by atoms with Crippen LogP contribution in [0.25, 0.3) is 0 Å². The van der Waals surface area contributed by atoms with Crippen LogP contribution in [0.4, 0.5) is 0 Å². The van der Waals surface area contributed by atoms with Crippen LogP contribution in [0.5, 0.6) is 5.75 Å². The molecule has 1 aliphatic carbocycles. The molecule has 1 atom stereocenters. The van der Waals surface area contributed by atoms with Crippen molar-refractivity contribution < 1.29 is 14.3 Å². The van der Waals surface area contributed by atoms with Gasteiger partial charge in [-0.05, 0) is 68.1 Å². The number of carbonyl (C=O) groups excluding carboxylic acids is 2. The molecular weight excluding hydrogens is 527 g/mol. The van der Waals surface area contributed by atoms with Crippen LogP contribution in [-0.4, -0.2) is 35.4 Å². The van der Waals surface area contributed by atoms with Crippen LogP contribution >= 0.6 is 39.1 Å². The van der Waals surface area contributed by atoms with Crippen LogP contribution in [0.1, 0.15) is 50.2 Å². The molecule has 1 saturated carbocycles. The van der Waals surface area contributed by atoms with Crippen LogP contribution in [0.15, 0.2) is 40.9 Å². The molecule has 1 aliphatic rings. The summed E-state index contributed by atoms with van der Waals surface area (Å²) in [6.45, 7) is 3.68. The molecule has 33 heavy (non-hydrogen) atoms. The number of benzene rings is 2. The average Bonchev–Trinajstić information content (AvgIpc) is 2.79. The van der Waals surface area contributed by atoms with Crippen LogP contribution in [0.2, 0.25) is 10.0 Å². The minimum atomic E-state index is -0.679. The van der Waals surface area contributed by atoms with E-state index in [0.29, 0.717) is 21.4 Å². The van der Waals surface area contributed by atoms with E-state index in [1.165, 1.54) is 11.3 Å². The minimum absolute atomic E-state index is 0.159. The number of carbonyl (C=O) groups is 2. The molecule has 8 heteroatoms. The Hall–Kier alpha value is -1.76. The smallest absolute Gasteiger partial charge is 0.261 e. The molecule has 2 amide bonds. The maximum Gasteiger partial charge on any atom is 0.261 e. The Morgan fingerprint density at radius 2 is 1.88 bits per heavy atom. The SMILES string of the molecule is Cc1cc(OCC(=O)N(Cc2ccc(Cl)cc2Cl)[C@H](C)C(=O)NC2CCCCC2)ccc1Br. The van der Waals surface area contributed by atoms with Crippen LogP contribution in [0.3, 0.4) is 0 Å². The zero-order valence-corrected chi connectivity index (χ0v) is 22.0. The topological polar surface area (TPSA) is 58.6 Å². The third kappa shape index (κ3) is 7.36. The van der Waals surface area contributed by atoms with Gasteiger partial charge in [0.05, 0.1) is 0 Å². The maximum absolute atomic E-state index is 13.2. The van der Waals surface area contributed by atoms with Crippen molar-refractivity contribution >= 4 is 50.9 Å². The monoisotopic (exact) mass is 554 g/mol. The van der Waals surface area contributed by atoms with Crippen LogP contribution < -0.4 is 10.1 Å². The standard InChI is InChI=1S/C25H29BrCl2N2O3/c1-16-12-21(10-11-22(16)26)33-15-24(31)30(14-18-8-9-19(27)13-23(18)28)17(2)25(32)29-20-6-4-3-5-7-20/h8-13,17,20H,3-7,14-15H2,1-2H3,(H,29,32)/t17-/m1/s1. The predicted molar refractivity (Wildman–Crippen MR) is 136 cm³/mol. The lowest BCUT2D eigenvalue weighted by Crippen LogP contribution is -2.51. The fraction of sp³-hybridized carbons (Fsp3) is 0.440. The fourth-order valence-electron chi connectivity index (χ4n) is 3.92. The second-order valence-electron chi connectivity index (χ2n) is 8.48. The molecule has 2 aromatic rings. The Balaban J connectivity index is 1.74. The molecule has 5 nitrogen and oxygen atoms in total. The number of amides is 2. The Kier molecular flexibility index (Phi) is 9.47. The van der Waals surface area contributed by atoms with Crippen molar-refractivity contribution in [2.75, 3.05) is 6.61 Å². The Labute approximate surface area is 213 Å². The van der Waals surface area contributed by atoms with Gasteiger partial charge in [0, 0.05) is 27.1 Å². The van der Waals surface area contributed by atoms with Gasteiger partial charge < -0.3 is 15.0 Å². The van der Waals surface area contributed by atoms with Crippen molar-refractivity contribution in [2.45, 2.75) is 64.6 Å². The highest BCUT2D eigenvalue weighted by Gasteiger charge is 2.29. The molecule has 0 unspecified atom stereocenters. The van der Waals surface area contributed by atoms with E-state index in [-0.39, 0.29) is 31.0 Å². The summed E-state index contributed by atoms with van der Waals surface area (Å²) in [6.07, 6.45) is 5.38. The molecule has 0 aliphatic heterocycles. The van der Waals surface area contributed by atoms with Crippen molar-refractivity contribution in [3.63, 3.8) is 0 Å². The van der Waals surface area contributed by atoms with Gasteiger partial charge in [-0.3, -0.25) is 9.59 Å². The number of halogens is 3. The number of ether oxygens (including phenoxy) is 1. The highest BCUT2D eigenvalue weighted by atomic mass is 79.9. The lowest BCUT2D eigenvalue weighted by molar-refractivity contribution is -0.142. The van der Waals surface area contributed by atoms with Gasteiger partial charge in [0.1, 0.15) is 11.8 Å². The summed E-state index contributed by atoms with van der Waals surface area (Å²) in [6, 6.07) is 10.1. The summed E-state index contributed by atoms with van der Waals surface area (Å²) < 4.78 is 6.72. The van der Waals surface area contributed by atoms with Gasteiger partial charge in [0.15, 0.2) is 6.61 Å². The van der Waals surface area contributed by atoms with Crippen molar-refractivity contribution in [3.05, 3.63) is 62.0 Å². The molecule has 0 saturated heterocycles. The molecule has 0 bridgehead atoms. The van der Waals surface area contributed by atoms with Gasteiger partial charge in [-0.25, -0.2) is 0 Å². The van der Waals surface area contributed by atoms with E-state index in [1.54, 1.807) is 31.2 Å². The van der Waals surface area contributed by atoms with Crippen molar-refractivity contribution in [2.24, 2.45) is 0 Å². The molecule has 0 spiro atoms. The van der Waals surface area contributed by atoms with Gasteiger partial charge >= 0.3 is 0 Å². The molecule has 0 radical (unpaired) electrons. The number of hydrogen-bond donors (Lipinski definition) is 1. The second kappa shape index (κ2) is 12.1. The fourth-order valence-corrected chi connectivity index (χ4v) is 4.63. The first-order chi connectivity index (χ1) is 15.7. The third-order valence-corrected chi connectivity index (χ3v) is 7.44. The van der Waals surface area contributed by atoms with E-state index in [0.717, 1.165) is 35.7 Å². The quantitative estimate of drug-likeness (QED) is 0.415. The zero-order chi connectivity index (χ0) is 24.0. The van der Waals surface area contributed by atoms with Gasteiger partial charge in [0.25, 0.3) is 5.91 Å². The molecule has 178 valence electrons. The Bertz CT molecular complexity index is 996. The summed E-state index contributed by atoms with van der Waals surface area (Å²) in [5.74, 6) is 0.126. The first-order valence-electron chi connectivity index (χ1n) is 11.2. The van der Waals surface area contributed by atoms with E-state index >= 15 is 0 Å². The predicted octanol–water partition coefficient (Wildman–Crippen LogP) is 6.31. The zero-order valence-electron chi connectivity index (χ0n) is 18.9. The summed E-state index contributed by atoms with van der Waals surface area (Å²) in [4.78, 5) is 27.8. The van der Waals surface area contributed by atoms with Gasteiger partial charge in [-0.15, -0.1) is 0 Å². The molecule has 0 aromatic heterocycles. The van der Waals surface area contributed by atoms with Gasteiger partial charge in [-0.1, -0.05) is 64.5 Å². The van der Waals surface area contributed by atoms with Crippen LogP contribution in [-0.2, 0) is 16.1 Å². The molecule has 0 heterocycles. The normalized spacial score (nSPS) is 15.1. The molecular formula is C25H29BrCl2N2O3. The highest BCUT2D eigenvalue weighted by molar-refractivity contribution is 9.10. The first kappa shape index (κ1) is 25.9. The lowest BCUT2D eigenvalue weighted by Gasteiger charge is -2.31. The summed E-state index contributed by atoms with van der Waals surface area (Å²) in [5, 5.41) is 4.08. The summed E-state index contributed by atoms with van der Waals surface area (Å²) >= 11 is 15.9. The third-order valence-electron chi connectivity index (χ3n) is 5.97. The lowest BCUT2D eigenvalue weighted by atomic mass is 9.95. The Morgan fingerprint density at radius 3 is 2.55 bits per heavy atom. The van der Waals surface area contributed by atoms with Crippen molar-refractivity contribution in [1.29, 1.82) is 0 Å². The summed E-state index contributed by atoms with van der Waals surface area (Å²) in [7, 11) is 0. The van der Waals surface area contributed by atoms with E-state index in [1.807, 2.05) is 19.1 Å². The van der Waals surface area contributed by atoms with Gasteiger partial charge in [-0.2, -0.15) is 0 Å². The van der Waals surface area contributed by atoms with Crippen molar-refractivity contribution in [3.8, 4) is 5.75 Å². The number of rotatable bonds is 8. The molecule has 1 fully saturated rings. The number of nitrogens with zero attached hydrogens (tertiary/aromatic N) is 1. The highest BCUT2D eigenvalue weighted by Crippen LogP contribution is 2.25. The number of nitrogens with one attached hydrogen (secondary N) is 1. The minimum Gasteiger partial charge on any atom is -0.484 e. The van der Waals surface area contributed by atoms with Crippen molar-refractivity contribution in [1.82, 2.24) is 10.2 Å². The van der Waals surface area contributed by atoms with E-state index in [9.17, 15) is 9.59 Å². The second-order valence-corrected chi connectivity index (χ2v) is 10.2. The largest absolute Gasteiger partial charge is 0.484 e. The van der Waals surface area contributed by atoms with E-state index in [2.05, 4.69) is 21.2 Å². The van der Waals surface area contributed by atoms with E-state index in [4.69, 9.17) is 27.9 Å². The van der Waals surface area contributed by atoms with E-state index < -0.39 is 6.04 Å². The Morgan fingerprint density at radius 1 is 1.15 bits per heavy atom. The molecule has 3 rings (SSSR count). The molecule has 1 N–H and O–H groups in total. The number of hydrogen-bond acceptors (Lipinski definition) is 3. The number of aryl methyl sites for hydroxylation is 1. The maximum atomic E-state index is 13.2. The van der Waals surface area contributed by atoms with Crippen LogP contribution in [0, 0.1) is 6.92 Å². The molecule has 2 aromatic carbocycles. The first-order valence-corrected chi connectivity index (χ1v) is 12.7. The summed E-state index contributed by atoms with van der Waals surface area (Å²) in [5.41, 5.74) is 1.72. The van der Waals surface area contributed by atoms with Gasteiger partial charge in [0.2, 0.25) is 5.91 Å².